The third kappa shape index (κ3) is 6.76. The average Bonchev–Trinajstić information content (AvgIpc) is 2.75. The first kappa shape index (κ1) is 20.6. The van der Waals surface area contributed by atoms with Crippen molar-refractivity contribution in [3.8, 4) is 5.75 Å². The molecule has 0 saturated carbocycles. The monoisotopic (exact) mass is 452 g/mol. The molecular weight excluding hydrogens is 432 g/mol. The summed E-state index contributed by atoms with van der Waals surface area (Å²) in [5.74, 6) is 0.439. The normalized spacial score (nSPS) is 10.2. The number of hydrogen-bond donors (Lipinski definition) is 2. The van der Waals surface area contributed by atoms with Crippen LogP contribution in [-0.4, -0.2) is 18.4 Å². The van der Waals surface area contributed by atoms with Crippen molar-refractivity contribution in [2.75, 3.05) is 11.9 Å². The average molecular weight is 453 g/mol. The quantitative estimate of drug-likeness (QED) is 0.516. The molecule has 0 fully saturated rings. The van der Waals surface area contributed by atoms with E-state index >= 15 is 0 Å². The zero-order valence-electron chi connectivity index (χ0n) is 15.7. The van der Waals surface area contributed by atoms with Crippen LogP contribution in [0.5, 0.6) is 5.75 Å². The van der Waals surface area contributed by atoms with Gasteiger partial charge in [0.05, 0.1) is 0 Å². The Hall–Kier alpha value is -3.12. The summed E-state index contributed by atoms with van der Waals surface area (Å²) in [6.45, 7) is 0.697. The van der Waals surface area contributed by atoms with Gasteiger partial charge in [0.25, 0.3) is 5.91 Å². The van der Waals surface area contributed by atoms with Gasteiger partial charge in [-0.1, -0.05) is 46.3 Å². The Morgan fingerprint density at radius 1 is 0.862 bits per heavy atom. The maximum Gasteiger partial charge on any atom is 0.251 e. The Morgan fingerprint density at radius 3 is 2.24 bits per heavy atom. The third-order valence-electron chi connectivity index (χ3n) is 4.13. The Bertz CT molecular complexity index is 942. The SMILES string of the molecule is O=C(CCNC(=O)c1ccc(COc2ccccc2)cc1)Nc1ccc(Br)cc1. The topological polar surface area (TPSA) is 67.4 Å². The molecule has 3 aromatic carbocycles. The second-order valence-electron chi connectivity index (χ2n) is 6.36. The van der Waals surface area contributed by atoms with Gasteiger partial charge in [-0.05, 0) is 54.1 Å². The van der Waals surface area contributed by atoms with Crippen LogP contribution >= 0.6 is 15.9 Å². The molecule has 3 rings (SSSR count). The van der Waals surface area contributed by atoms with Gasteiger partial charge in [-0.3, -0.25) is 9.59 Å². The smallest absolute Gasteiger partial charge is 0.251 e. The highest BCUT2D eigenvalue weighted by Crippen LogP contribution is 2.14. The lowest BCUT2D eigenvalue weighted by atomic mass is 10.1. The van der Waals surface area contributed by atoms with Crippen LogP contribution in [0, 0.1) is 0 Å². The van der Waals surface area contributed by atoms with Crippen molar-refractivity contribution < 1.29 is 14.3 Å². The van der Waals surface area contributed by atoms with Crippen molar-refractivity contribution in [1.82, 2.24) is 5.32 Å². The van der Waals surface area contributed by atoms with E-state index < -0.39 is 0 Å². The minimum Gasteiger partial charge on any atom is -0.489 e. The van der Waals surface area contributed by atoms with Crippen LogP contribution in [0.2, 0.25) is 0 Å². The standard InChI is InChI=1S/C23H21BrN2O3/c24-19-10-12-20(13-11-19)26-22(27)14-15-25-23(28)18-8-6-17(7-9-18)16-29-21-4-2-1-3-5-21/h1-13H,14-16H2,(H,25,28)(H,26,27). The van der Waals surface area contributed by atoms with E-state index in [1.165, 1.54) is 0 Å². The summed E-state index contributed by atoms with van der Waals surface area (Å²) < 4.78 is 6.64. The van der Waals surface area contributed by atoms with Gasteiger partial charge in [0.15, 0.2) is 0 Å². The maximum absolute atomic E-state index is 12.2. The number of halogens is 1. The van der Waals surface area contributed by atoms with Crippen LogP contribution in [0.15, 0.2) is 83.3 Å². The second kappa shape index (κ2) is 10.4. The highest BCUT2D eigenvalue weighted by molar-refractivity contribution is 9.10. The molecular formula is C23H21BrN2O3. The number of hydrogen-bond acceptors (Lipinski definition) is 3. The summed E-state index contributed by atoms with van der Waals surface area (Å²) in [6, 6.07) is 24.1. The van der Waals surface area contributed by atoms with Gasteiger partial charge < -0.3 is 15.4 Å². The van der Waals surface area contributed by atoms with E-state index in [9.17, 15) is 9.59 Å². The molecule has 148 valence electrons. The molecule has 2 amide bonds. The molecule has 0 aromatic heterocycles. The van der Waals surface area contributed by atoms with Gasteiger partial charge in [0.1, 0.15) is 12.4 Å². The first-order valence-corrected chi connectivity index (χ1v) is 10.00. The molecule has 0 bridgehead atoms. The van der Waals surface area contributed by atoms with Gasteiger partial charge in [-0.15, -0.1) is 0 Å². The number of benzene rings is 3. The molecule has 0 aliphatic rings. The molecule has 5 nitrogen and oxygen atoms in total. The molecule has 0 spiro atoms. The first-order valence-electron chi connectivity index (χ1n) is 9.20. The fraction of sp³-hybridized carbons (Fsp3) is 0.130. The molecule has 0 heterocycles. The van der Waals surface area contributed by atoms with Crippen molar-refractivity contribution in [3.05, 3.63) is 94.5 Å². The van der Waals surface area contributed by atoms with E-state index in [1.807, 2.05) is 66.7 Å². The van der Waals surface area contributed by atoms with E-state index in [2.05, 4.69) is 26.6 Å². The van der Waals surface area contributed by atoms with Crippen LogP contribution in [0.1, 0.15) is 22.3 Å². The van der Waals surface area contributed by atoms with Crippen LogP contribution in [0.25, 0.3) is 0 Å². The number of amides is 2. The molecule has 0 atom stereocenters. The minimum atomic E-state index is -0.211. The van der Waals surface area contributed by atoms with Crippen LogP contribution < -0.4 is 15.4 Å². The summed E-state index contributed by atoms with van der Waals surface area (Å²) in [7, 11) is 0. The summed E-state index contributed by atoms with van der Waals surface area (Å²) in [6.07, 6.45) is 0.199. The number of rotatable bonds is 8. The Morgan fingerprint density at radius 2 is 1.55 bits per heavy atom. The predicted octanol–water partition coefficient (Wildman–Crippen LogP) is 4.79. The van der Waals surface area contributed by atoms with Gasteiger partial charge >= 0.3 is 0 Å². The summed E-state index contributed by atoms with van der Waals surface area (Å²) in [4.78, 5) is 24.2. The zero-order chi connectivity index (χ0) is 20.5. The first-order chi connectivity index (χ1) is 14.1. The van der Waals surface area contributed by atoms with Gasteiger partial charge in [-0.25, -0.2) is 0 Å². The molecule has 3 aromatic rings. The molecule has 0 radical (unpaired) electrons. The highest BCUT2D eigenvalue weighted by Gasteiger charge is 2.07. The van der Waals surface area contributed by atoms with E-state index in [-0.39, 0.29) is 24.8 Å². The van der Waals surface area contributed by atoms with Crippen LogP contribution in [0.3, 0.4) is 0 Å². The zero-order valence-corrected chi connectivity index (χ0v) is 17.3. The minimum absolute atomic E-state index is 0.152. The van der Waals surface area contributed by atoms with Crippen molar-refractivity contribution in [2.24, 2.45) is 0 Å². The summed E-state index contributed by atoms with van der Waals surface area (Å²) >= 11 is 3.35. The Labute approximate surface area is 178 Å². The van der Waals surface area contributed by atoms with Gasteiger partial charge in [-0.2, -0.15) is 0 Å². The Balaban J connectivity index is 1.40. The van der Waals surface area contributed by atoms with Crippen LogP contribution in [0.4, 0.5) is 5.69 Å². The molecule has 6 heteroatoms. The number of carbonyl (C=O) groups is 2. The van der Waals surface area contributed by atoms with Gasteiger partial charge in [0.2, 0.25) is 5.91 Å². The molecule has 0 unspecified atom stereocenters. The number of carbonyl (C=O) groups excluding carboxylic acids is 2. The fourth-order valence-corrected chi connectivity index (χ4v) is 2.85. The van der Waals surface area contributed by atoms with Crippen molar-refractivity contribution in [1.29, 1.82) is 0 Å². The molecule has 0 saturated heterocycles. The molecule has 29 heavy (non-hydrogen) atoms. The number of nitrogens with one attached hydrogen (secondary N) is 2. The summed E-state index contributed by atoms with van der Waals surface area (Å²) in [5.41, 5.74) is 2.24. The predicted molar refractivity (Wildman–Crippen MR) is 117 cm³/mol. The largest absolute Gasteiger partial charge is 0.489 e. The van der Waals surface area contributed by atoms with E-state index in [0.29, 0.717) is 12.2 Å². The van der Waals surface area contributed by atoms with E-state index in [0.717, 1.165) is 21.5 Å². The van der Waals surface area contributed by atoms with Crippen molar-refractivity contribution >= 4 is 33.4 Å². The molecule has 0 aliphatic heterocycles. The van der Waals surface area contributed by atoms with Crippen molar-refractivity contribution in [2.45, 2.75) is 13.0 Å². The van der Waals surface area contributed by atoms with Crippen LogP contribution in [-0.2, 0) is 11.4 Å². The maximum atomic E-state index is 12.2. The van der Waals surface area contributed by atoms with E-state index in [1.54, 1.807) is 12.1 Å². The lowest BCUT2D eigenvalue weighted by Crippen LogP contribution is -2.27. The third-order valence-corrected chi connectivity index (χ3v) is 4.66. The lowest BCUT2D eigenvalue weighted by Gasteiger charge is -2.08. The number of para-hydroxylation sites is 1. The lowest BCUT2D eigenvalue weighted by molar-refractivity contribution is -0.116. The van der Waals surface area contributed by atoms with Crippen molar-refractivity contribution in [3.63, 3.8) is 0 Å². The molecule has 2 N–H and O–H groups in total. The van der Waals surface area contributed by atoms with E-state index in [4.69, 9.17) is 4.74 Å². The molecule has 0 aliphatic carbocycles. The fourth-order valence-electron chi connectivity index (χ4n) is 2.58. The summed E-state index contributed by atoms with van der Waals surface area (Å²) in [5, 5.41) is 5.56. The number of anilines is 1. The Kier molecular flexibility index (Phi) is 7.41. The second-order valence-corrected chi connectivity index (χ2v) is 7.28. The highest BCUT2D eigenvalue weighted by atomic mass is 79.9. The van der Waals surface area contributed by atoms with Gasteiger partial charge in [0, 0.05) is 28.7 Å². The number of ether oxygens (including phenoxy) is 1.